The lowest BCUT2D eigenvalue weighted by molar-refractivity contribution is -0.142. The summed E-state index contributed by atoms with van der Waals surface area (Å²) in [6, 6.07) is 4.62. The van der Waals surface area contributed by atoms with Crippen molar-refractivity contribution in [2.75, 3.05) is 6.54 Å². The summed E-state index contributed by atoms with van der Waals surface area (Å²) in [4.78, 5) is 11.0. The molecule has 112 valence electrons. The van der Waals surface area contributed by atoms with Crippen molar-refractivity contribution >= 4 is 27.6 Å². The smallest absolute Gasteiger partial charge is 0.322 e. The van der Waals surface area contributed by atoms with Crippen LogP contribution in [0.25, 0.3) is 0 Å². The summed E-state index contributed by atoms with van der Waals surface area (Å²) in [6.07, 6.45) is 1.51. The number of carboxylic acids is 1. The number of halogens is 1. The minimum Gasteiger partial charge on any atom is -0.480 e. The van der Waals surface area contributed by atoms with Gasteiger partial charge in [-0.15, -0.1) is 0 Å². The Hall–Kier alpha value is -1.62. The molecule has 6 nitrogen and oxygen atoms in total. The molecule has 0 amide bonds. The average molecular weight is 329 g/mol. The maximum Gasteiger partial charge on any atom is 0.322 e. The van der Waals surface area contributed by atoms with Crippen LogP contribution in [0.5, 0.6) is 0 Å². The molecule has 0 bridgehead atoms. The van der Waals surface area contributed by atoms with Crippen molar-refractivity contribution in [2.45, 2.75) is 30.2 Å². The Morgan fingerprint density at radius 1 is 1.43 bits per heavy atom. The fourth-order valence-electron chi connectivity index (χ4n) is 2.37. The molecule has 8 heteroatoms. The van der Waals surface area contributed by atoms with Gasteiger partial charge in [0, 0.05) is 11.6 Å². The summed E-state index contributed by atoms with van der Waals surface area (Å²) in [5, 5.41) is 18.4. The van der Waals surface area contributed by atoms with Crippen molar-refractivity contribution in [1.29, 1.82) is 5.26 Å². The van der Waals surface area contributed by atoms with E-state index in [1.165, 1.54) is 18.2 Å². The Balaban J connectivity index is 2.53. The highest BCUT2D eigenvalue weighted by atomic mass is 35.5. The van der Waals surface area contributed by atoms with E-state index in [-0.39, 0.29) is 28.4 Å². The van der Waals surface area contributed by atoms with Gasteiger partial charge < -0.3 is 5.11 Å². The number of carboxylic acid groups (broad SMARTS) is 1. The number of nitriles is 1. The highest BCUT2D eigenvalue weighted by Gasteiger charge is 2.38. The van der Waals surface area contributed by atoms with E-state index in [4.69, 9.17) is 16.9 Å². The quantitative estimate of drug-likeness (QED) is 0.912. The number of hydrogen-bond donors (Lipinski definition) is 1. The molecule has 1 heterocycles. The summed E-state index contributed by atoms with van der Waals surface area (Å²) < 4.78 is 26.3. The van der Waals surface area contributed by atoms with Gasteiger partial charge in [0.05, 0.1) is 5.56 Å². The Morgan fingerprint density at radius 3 is 2.76 bits per heavy atom. The van der Waals surface area contributed by atoms with Crippen LogP contribution in [0.3, 0.4) is 0 Å². The Morgan fingerprint density at radius 2 is 2.14 bits per heavy atom. The van der Waals surface area contributed by atoms with E-state index in [9.17, 15) is 18.3 Å². The average Bonchev–Trinajstić information content (AvgIpc) is 2.47. The number of sulfonamides is 1. The number of hydrogen-bond acceptors (Lipinski definition) is 4. The third kappa shape index (κ3) is 3.02. The molecule has 0 radical (unpaired) electrons. The van der Waals surface area contributed by atoms with E-state index in [1.807, 2.05) is 0 Å². The molecule has 0 aromatic heterocycles. The standard InChI is InChI=1S/C13H13ClN2O4S/c14-10-5-4-9(8-15)12(7-10)21(19,20)16-6-2-1-3-11(16)13(17)18/h4-5,7,11H,1-3,6H2,(H,17,18). The molecule has 1 aromatic rings. The van der Waals surface area contributed by atoms with Crippen LogP contribution in [0.15, 0.2) is 23.1 Å². The Bertz CT molecular complexity index is 711. The molecule has 1 saturated heterocycles. The summed E-state index contributed by atoms with van der Waals surface area (Å²) in [6.45, 7) is 0.122. The maximum atomic E-state index is 12.7. The molecule has 1 atom stereocenters. The van der Waals surface area contributed by atoms with Crippen LogP contribution in [-0.2, 0) is 14.8 Å². The summed E-state index contributed by atoms with van der Waals surface area (Å²) in [5.41, 5.74) is -0.0471. The number of nitrogens with zero attached hydrogens (tertiary/aromatic N) is 2. The van der Waals surface area contributed by atoms with Crippen molar-refractivity contribution in [3.05, 3.63) is 28.8 Å². The lowest BCUT2D eigenvalue weighted by atomic mass is 10.1. The molecule has 1 aromatic carbocycles. The molecular formula is C13H13ClN2O4S. The van der Waals surface area contributed by atoms with Crippen molar-refractivity contribution < 1.29 is 18.3 Å². The molecule has 2 rings (SSSR count). The van der Waals surface area contributed by atoms with Gasteiger partial charge in [0.1, 0.15) is 17.0 Å². The van der Waals surface area contributed by atoms with Gasteiger partial charge in [0.25, 0.3) is 0 Å². The van der Waals surface area contributed by atoms with Gasteiger partial charge in [0.15, 0.2) is 0 Å². The van der Waals surface area contributed by atoms with E-state index >= 15 is 0 Å². The van der Waals surface area contributed by atoms with Gasteiger partial charge in [-0.05, 0) is 37.5 Å². The van der Waals surface area contributed by atoms with E-state index in [0.29, 0.717) is 12.8 Å². The first kappa shape index (κ1) is 15.8. The van der Waals surface area contributed by atoms with Crippen LogP contribution >= 0.6 is 11.6 Å². The summed E-state index contributed by atoms with van der Waals surface area (Å²) in [7, 11) is -4.08. The summed E-state index contributed by atoms with van der Waals surface area (Å²) >= 11 is 5.81. The maximum absolute atomic E-state index is 12.7. The van der Waals surface area contributed by atoms with E-state index in [0.717, 1.165) is 4.31 Å². The largest absolute Gasteiger partial charge is 0.480 e. The third-order valence-electron chi connectivity index (χ3n) is 3.39. The third-order valence-corrected chi connectivity index (χ3v) is 5.57. The van der Waals surface area contributed by atoms with Gasteiger partial charge >= 0.3 is 5.97 Å². The van der Waals surface area contributed by atoms with Gasteiger partial charge in [-0.3, -0.25) is 4.79 Å². The molecule has 1 aliphatic rings. The number of rotatable bonds is 3. The molecule has 0 saturated carbocycles. The second kappa shape index (κ2) is 6.02. The van der Waals surface area contributed by atoms with Crippen LogP contribution in [0, 0.1) is 11.3 Å². The first-order valence-corrected chi connectivity index (χ1v) is 8.14. The predicted octanol–water partition coefficient (Wildman–Crippen LogP) is 1.84. The van der Waals surface area contributed by atoms with Gasteiger partial charge in [-0.25, -0.2) is 8.42 Å². The van der Waals surface area contributed by atoms with Gasteiger partial charge in [0.2, 0.25) is 10.0 Å². The molecule has 1 fully saturated rings. The molecule has 1 N–H and O–H groups in total. The second-order valence-corrected chi connectivity index (χ2v) is 7.01. The Labute approximate surface area is 127 Å². The fraction of sp³-hybridized carbons (Fsp3) is 0.385. The predicted molar refractivity (Wildman–Crippen MR) is 75.3 cm³/mol. The van der Waals surface area contributed by atoms with E-state index in [1.54, 1.807) is 6.07 Å². The monoisotopic (exact) mass is 328 g/mol. The lowest BCUT2D eigenvalue weighted by Gasteiger charge is -2.32. The zero-order chi connectivity index (χ0) is 15.6. The zero-order valence-electron chi connectivity index (χ0n) is 11.0. The number of piperidine rings is 1. The SMILES string of the molecule is N#Cc1ccc(Cl)cc1S(=O)(=O)N1CCCCC1C(=O)O. The lowest BCUT2D eigenvalue weighted by Crippen LogP contribution is -2.47. The van der Waals surface area contributed by atoms with Crippen LogP contribution in [0.2, 0.25) is 5.02 Å². The fourth-order valence-corrected chi connectivity index (χ4v) is 4.42. The number of carbonyl (C=O) groups is 1. The second-order valence-electron chi connectivity index (χ2n) is 4.72. The molecule has 0 spiro atoms. The van der Waals surface area contributed by atoms with Gasteiger partial charge in [-0.2, -0.15) is 9.57 Å². The zero-order valence-corrected chi connectivity index (χ0v) is 12.6. The normalized spacial score (nSPS) is 19.9. The van der Waals surface area contributed by atoms with Crippen LogP contribution in [0.4, 0.5) is 0 Å². The van der Waals surface area contributed by atoms with E-state index in [2.05, 4.69) is 0 Å². The van der Waals surface area contributed by atoms with Crippen molar-refractivity contribution in [1.82, 2.24) is 4.31 Å². The molecule has 1 aliphatic heterocycles. The minimum absolute atomic E-state index is 0.0471. The first-order chi connectivity index (χ1) is 9.87. The molecular weight excluding hydrogens is 316 g/mol. The Kier molecular flexibility index (Phi) is 4.52. The molecule has 1 unspecified atom stereocenters. The highest BCUT2D eigenvalue weighted by molar-refractivity contribution is 7.89. The first-order valence-electron chi connectivity index (χ1n) is 6.32. The number of benzene rings is 1. The van der Waals surface area contributed by atoms with Crippen molar-refractivity contribution in [2.24, 2.45) is 0 Å². The highest BCUT2D eigenvalue weighted by Crippen LogP contribution is 2.29. The van der Waals surface area contributed by atoms with E-state index < -0.39 is 22.0 Å². The molecule has 21 heavy (non-hydrogen) atoms. The number of aliphatic carboxylic acids is 1. The van der Waals surface area contributed by atoms with Crippen molar-refractivity contribution in [3.8, 4) is 6.07 Å². The van der Waals surface area contributed by atoms with Crippen molar-refractivity contribution in [3.63, 3.8) is 0 Å². The van der Waals surface area contributed by atoms with Crippen LogP contribution in [-0.4, -0.2) is 36.4 Å². The summed E-state index contributed by atoms with van der Waals surface area (Å²) in [5.74, 6) is -1.18. The van der Waals surface area contributed by atoms with Crippen LogP contribution in [0.1, 0.15) is 24.8 Å². The topological polar surface area (TPSA) is 98.5 Å². The van der Waals surface area contributed by atoms with Gasteiger partial charge in [-0.1, -0.05) is 11.6 Å². The van der Waals surface area contributed by atoms with Crippen LogP contribution < -0.4 is 0 Å². The minimum atomic E-state index is -4.08. The molecule has 0 aliphatic carbocycles.